The van der Waals surface area contributed by atoms with E-state index in [2.05, 4.69) is 10.5 Å². The van der Waals surface area contributed by atoms with Gasteiger partial charge < -0.3 is 20.7 Å². The average Bonchev–Trinajstić information content (AvgIpc) is 2.26. The van der Waals surface area contributed by atoms with Crippen LogP contribution in [0.4, 0.5) is 5.69 Å². The molecule has 0 heterocycles. The van der Waals surface area contributed by atoms with Crippen LogP contribution in [0.25, 0.3) is 0 Å². The highest BCUT2D eigenvalue weighted by Gasteiger charge is 2.16. The lowest BCUT2D eigenvalue weighted by molar-refractivity contribution is -0.385. The average molecular weight is 241 g/mol. The Hall–Kier alpha value is -2.35. The van der Waals surface area contributed by atoms with Crippen molar-refractivity contribution < 1.29 is 20.2 Å². The van der Waals surface area contributed by atoms with Crippen molar-refractivity contribution in [3.63, 3.8) is 0 Å². The molecular weight excluding hydrogens is 230 g/mol. The highest BCUT2D eigenvalue weighted by atomic mass is 16.6. The Labute approximate surface area is 96.0 Å². The van der Waals surface area contributed by atoms with Crippen LogP contribution in [0.15, 0.2) is 17.2 Å². The number of hydrazone groups is 1. The Morgan fingerprint density at radius 2 is 2.12 bits per heavy atom. The van der Waals surface area contributed by atoms with E-state index in [4.69, 9.17) is 5.11 Å². The number of benzene rings is 1. The fourth-order valence-electron chi connectivity index (χ4n) is 1.06. The molecule has 0 amide bonds. The molecule has 0 spiro atoms. The second-order valence-electron chi connectivity index (χ2n) is 3.05. The third-order valence-corrected chi connectivity index (χ3v) is 1.84. The van der Waals surface area contributed by atoms with Crippen LogP contribution < -0.4 is 5.43 Å². The van der Waals surface area contributed by atoms with E-state index in [1.165, 1.54) is 0 Å². The van der Waals surface area contributed by atoms with E-state index < -0.39 is 16.4 Å². The molecule has 1 aromatic carbocycles. The Morgan fingerprint density at radius 1 is 1.41 bits per heavy atom. The summed E-state index contributed by atoms with van der Waals surface area (Å²) < 4.78 is 0. The molecule has 0 atom stereocenters. The Morgan fingerprint density at radius 3 is 2.71 bits per heavy atom. The zero-order valence-electron chi connectivity index (χ0n) is 8.70. The van der Waals surface area contributed by atoms with Crippen LogP contribution in [-0.4, -0.2) is 39.6 Å². The summed E-state index contributed by atoms with van der Waals surface area (Å²) in [4.78, 5) is 9.76. The predicted molar refractivity (Wildman–Crippen MR) is 59.1 cm³/mol. The smallest absolute Gasteiger partial charge is 0.311 e. The summed E-state index contributed by atoms with van der Waals surface area (Å²) in [5.41, 5.74) is 2.01. The number of aromatic hydroxyl groups is 2. The lowest BCUT2D eigenvalue weighted by Crippen LogP contribution is -2.11. The highest BCUT2D eigenvalue weighted by Crippen LogP contribution is 2.31. The van der Waals surface area contributed by atoms with Crippen LogP contribution in [0, 0.1) is 10.1 Å². The lowest BCUT2D eigenvalue weighted by Gasteiger charge is -2.01. The maximum Gasteiger partial charge on any atom is 0.311 e. The molecule has 8 heteroatoms. The number of nitro benzene ring substituents is 1. The number of hydrogen-bond acceptors (Lipinski definition) is 7. The topological polar surface area (TPSA) is 128 Å². The number of rotatable bonds is 5. The largest absolute Gasteiger partial charge is 0.507 e. The monoisotopic (exact) mass is 241 g/mol. The summed E-state index contributed by atoms with van der Waals surface area (Å²) in [6, 6.07) is 1.86. The first-order valence-corrected chi connectivity index (χ1v) is 4.63. The summed E-state index contributed by atoms with van der Waals surface area (Å²) in [5, 5.41) is 41.2. The van der Waals surface area contributed by atoms with Crippen LogP contribution in [-0.2, 0) is 0 Å². The molecule has 1 rings (SSSR count). The molecule has 17 heavy (non-hydrogen) atoms. The quantitative estimate of drug-likeness (QED) is 0.247. The van der Waals surface area contributed by atoms with Gasteiger partial charge in [-0.2, -0.15) is 5.10 Å². The molecule has 1 aromatic rings. The number of phenolic OH excluding ortho intramolecular Hbond substituents is 2. The summed E-state index contributed by atoms with van der Waals surface area (Å²) in [7, 11) is 0. The molecule has 92 valence electrons. The lowest BCUT2D eigenvalue weighted by atomic mass is 10.2. The van der Waals surface area contributed by atoms with Gasteiger partial charge in [0.25, 0.3) is 0 Å². The van der Waals surface area contributed by atoms with Crippen LogP contribution >= 0.6 is 0 Å². The van der Waals surface area contributed by atoms with E-state index in [1.54, 1.807) is 0 Å². The third kappa shape index (κ3) is 3.31. The SMILES string of the molecule is O=[N+]([O-])c1cc(C=NNCCO)c(O)cc1O. The van der Waals surface area contributed by atoms with Gasteiger partial charge >= 0.3 is 5.69 Å². The van der Waals surface area contributed by atoms with Crippen LogP contribution in [0.5, 0.6) is 11.5 Å². The van der Waals surface area contributed by atoms with Gasteiger partial charge in [0.1, 0.15) is 5.75 Å². The molecule has 0 bridgehead atoms. The van der Waals surface area contributed by atoms with Gasteiger partial charge in [0, 0.05) is 17.7 Å². The first-order chi connectivity index (χ1) is 8.06. The first-order valence-electron chi connectivity index (χ1n) is 4.63. The van der Waals surface area contributed by atoms with E-state index >= 15 is 0 Å². The number of hydrogen-bond donors (Lipinski definition) is 4. The number of nitro groups is 1. The molecule has 0 saturated heterocycles. The molecule has 0 unspecified atom stereocenters. The van der Waals surface area contributed by atoms with Gasteiger partial charge in [-0.3, -0.25) is 10.1 Å². The molecule has 8 nitrogen and oxygen atoms in total. The Bertz CT molecular complexity index is 447. The van der Waals surface area contributed by atoms with Gasteiger partial charge in [0.15, 0.2) is 5.75 Å². The maximum atomic E-state index is 10.5. The van der Waals surface area contributed by atoms with Gasteiger partial charge in [-0.05, 0) is 0 Å². The number of phenols is 2. The van der Waals surface area contributed by atoms with Crippen molar-refractivity contribution in [2.24, 2.45) is 5.10 Å². The summed E-state index contributed by atoms with van der Waals surface area (Å²) in [5.74, 6) is -0.949. The number of aliphatic hydroxyl groups excluding tert-OH is 1. The molecule has 0 aliphatic carbocycles. The number of nitrogens with zero attached hydrogens (tertiary/aromatic N) is 2. The minimum absolute atomic E-state index is 0.0833. The molecular formula is C9H11N3O5. The van der Waals surface area contributed by atoms with E-state index in [0.29, 0.717) is 0 Å². The summed E-state index contributed by atoms with van der Waals surface area (Å²) in [6.45, 7) is 0.108. The molecule has 0 radical (unpaired) electrons. The molecule has 0 aliphatic heterocycles. The number of aliphatic hydroxyl groups is 1. The standard InChI is InChI=1S/C9H11N3O5/c13-2-1-10-11-5-6-3-7(12(16)17)9(15)4-8(6)14/h3-5,10,13-15H,1-2H2. The molecule has 0 aliphatic rings. The minimum atomic E-state index is -0.771. The van der Waals surface area contributed by atoms with E-state index in [9.17, 15) is 20.3 Å². The Kier molecular flexibility index (Phi) is 4.23. The van der Waals surface area contributed by atoms with Gasteiger partial charge in [-0.1, -0.05) is 0 Å². The zero-order valence-corrected chi connectivity index (χ0v) is 8.70. The normalized spacial score (nSPS) is 10.6. The van der Waals surface area contributed by atoms with Crippen LogP contribution in [0.3, 0.4) is 0 Å². The molecule has 4 N–H and O–H groups in total. The van der Waals surface area contributed by atoms with Crippen molar-refractivity contribution >= 4 is 11.9 Å². The minimum Gasteiger partial charge on any atom is -0.507 e. The fourth-order valence-corrected chi connectivity index (χ4v) is 1.06. The maximum absolute atomic E-state index is 10.5. The van der Waals surface area contributed by atoms with Crippen LogP contribution in [0.2, 0.25) is 0 Å². The predicted octanol–water partition coefficient (Wildman–Crippen LogP) is -0.0782. The second-order valence-corrected chi connectivity index (χ2v) is 3.05. The molecule has 0 saturated carbocycles. The highest BCUT2D eigenvalue weighted by molar-refractivity contribution is 5.85. The van der Waals surface area contributed by atoms with Gasteiger partial charge in [0.2, 0.25) is 0 Å². The van der Waals surface area contributed by atoms with Crippen molar-refractivity contribution in [2.45, 2.75) is 0 Å². The fraction of sp³-hybridized carbons (Fsp3) is 0.222. The second kappa shape index (κ2) is 5.66. The van der Waals surface area contributed by atoms with E-state index in [1.807, 2.05) is 0 Å². The van der Waals surface area contributed by atoms with Gasteiger partial charge in [-0.15, -0.1) is 0 Å². The van der Waals surface area contributed by atoms with Crippen molar-refractivity contribution in [3.05, 3.63) is 27.8 Å². The van der Waals surface area contributed by atoms with Gasteiger partial charge in [-0.25, -0.2) is 0 Å². The number of nitrogens with one attached hydrogen (secondary N) is 1. The van der Waals surface area contributed by atoms with Crippen LogP contribution in [0.1, 0.15) is 5.56 Å². The molecule has 0 fully saturated rings. The summed E-state index contributed by atoms with van der Waals surface area (Å²) in [6.07, 6.45) is 1.15. The zero-order chi connectivity index (χ0) is 12.8. The first kappa shape index (κ1) is 12.7. The van der Waals surface area contributed by atoms with Crippen molar-refractivity contribution in [1.82, 2.24) is 5.43 Å². The Balaban J connectivity index is 2.95. The van der Waals surface area contributed by atoms with Crippen molar-refractivity contribution in [1.29, 1.82) is 0 Å². The van der Waals surface area contributed by atoms with Crippen molar-refractivity contribution in [3.8, 4) is 11.5 Å². The summed E-state index contributed by atoms with van der Waals surface area (Å²) >= 11 is 0. The van der Waals surface area contributed by atoms with Crippen molar-refractivity contribution in [2.75, 3.05) is 13.2 Å². The van der Waals surface area contributed by atoms with E-state index in [-0.39, 0.29) is 24.5 Å². The third-order valence-electron chi connectivity index (χ3n) is 1.84. The van der Waals surface area contributed by atoms with Gasteiger partial charge in [0.05, 0.1) is 24.3 Å². The molecule has 0 aromatic heterocycles. The van der Waals surface area contributed by atoms with E-state index in [0.717, 1.165) is 18.3 Å².